The molecule has 0 aromatic carbocycles. The molecule has 0 heteroatoms. The molecule has 0 unspecified atom stereocenters. The molecule has 0 atom stereocenters. The molecular formula is C11H20. The van der Waals surface area contributed by atoms with E-state index in [-0.39, 0.29) is 10.8 Å². The summed E-state index contributed by atoms with van der Waals surface area (Å²) < 4.78 is 0. The van der Waals surface area contributed by atoms with Gasteiger partial charge in [-0.1, -0.05) is 48.1 Å². The van der Waals surface area contributed by atoms with Crippen LogP contribution >= 0.6 is 0 Å². The lowest BCUT2D eigenvalue weighted by Crippen LogP contribution is -2.21. The van der Waals surface area contributed by atoms with Gasteiger partial charge in [0.05, 0.1) is 0 Å². The van der Waals surface area contributed by atoms with Crippen LogP contribution in [0.5, 0.6) is 0 Å². The monoisotopic (exact) mass is 152 g/mol. The third kappa shape index (κ3) is 2.95. The molecule has 0 bridgehead atoms. The van der Waals surface area contributed by atoms with Gasteiger partial charge >= 0.3 is 0 Å². The van der Waals surface area contributed by atoms with E-state index in [0.717, 1.165) is 0 Å². The van der Waals surface area contributed by atoms with Crippen molar-refractivity contribution in [2.75, 3.05) is 0 Å². The van der Waals surface area contributed by atoms with Crippen molar-refractivity contribution >= 4 is 0 Å². The highest BCUT2D eigenvalue weighted by Gasteiger charge is 2.27. The van der Waals surface area contributed by atoms with Crippen LogP contribution in [0.1, 0.15) is 41.5 Å². The summed E-state index contributed by atoms with van der Waals surface area (Å²) in [5.41, 5.74) is 4.73. The van der Waals surface area contributed by atoms with Gasteiger partial charge in [-0.25, -0.2) is 0 Å². The molecule has 0 heterocycles. The van der Waals surface area contributed by atoms with Crippen molar-refractivity contribution in [2.45, 2.75) is 41.5 Å². The highest BCUT2D eigenvalue weighted by molar-refractivity contribution is 5.16. The molecule has 0 spiro atoms. The summed E-state index contributed by atoms with van der Waals surface area (Å²) in [6.07, 6.45) is 0. The lowest BCUT2D eigenvalue weighted by atomic mass is 9.72. The van der Waals surface area contributed by atoms with Crippen molar-refractivity contribution < 1.29 is 0 Å². The third-order valence-electron chi connectivity index (χ3n) is 1.68. The maximum absolute atomic E-state index is 3.73. The van der Waals surface area contributed by atoms with Crippen molar-refractivity contribution in [1.82, 2.24) is 0 Å². The largest absolute Gasteiger partial charge is 0.128 e. The quantitative estimate of drug-likeness (QED) is 0.463. The fourth-order valence-corrected chi connectivity index (χ4v) is 1.66. The van der Waals surface area contributed by atoms with E-state index in [1.54, 1.807) is 0 Å². The Labute approximate surface area is 71.0 Å². The molecule has 64 valence electrons. The third-order valence-corrected chi connectivity index (χ3v) is 1.68. The van der Waals surface area contributed by atoms with Gasteiger partial charge in [0, 0.05) is 0 Å². The second-order valence-corrected chi connectivity index (χ2v) is 5.05. The Hall–Kier alpha value is -0.480. The summed E-state index contributed by atoms with van der Waals surface area (Å²) in [6, 6.07) is 0. The van der Waals surface area contributed by atoms with Gasteiger partial charge in [-0.3, -0.25) is 0 Å². The second-order valence-electron chi connectivity index (χ2n) is 5.05. The fraction of sp³-hybridized carbons (Fsp3) is 0.727. The van der Waals surface area contributed by atoms with Gasteiger partial charge in [0.15, 0.2) is 0 Å². The van der Waals surface area contributed by atoms with Crippen molar-refractivity contribution in [3.8, 4) is 0 Å². The summed E-state index contributed by atoms with van der Waals surface area (Å²) in [4.78, 5) is 0. The molecule has 0 saturated heterocycles. The van der Waals surface area contributed by atoms with Crippen molar-refractivity contribution in [2.24, 2.45) is 10.8 Å². The number of hydrogen-bond donors (Lipinski definition) is 0. The van der Waals surface area contributed by atoms with E-state index < -0.39 is 0 Å². The maximum atomic E-state index is 3.73. The van der Waals surface area contributed by atoms with E-state index in [9.17, 15) is 0 Å². The topological polar surface area (TPSA) is 0 Å². The molecule has 11 heavy (non-hydrogen) atoms. The minimum Gasteiger partial charge on any atom is -0.128 e. The lowest BCUT2D eigenvalue weighted by Gasteiger charge is -2.31. The summed E-state index contributed by atoms with van der Waals surface area (Å²) in [6.45, 7) is 16.9. The van der Waals surface area contributed by atoms with Crippen molar-refractivity contribution in [1.29, 1.82) is 0 Å². The first-order chi connectivity index (χ1) is 4.69. The predicted octanol–water partition coefficient (Wildman–Crippen LogP) is 3.79. The predicted molar refractivity (Wildman–Crippen MR) is 51.6 cm³/mol. The Balaban J connectivity index is 4.90. The molecule has 0 aromatic rings. The maximum Gasteiger partial charge on any atom is -0.00920 e. The van der Waals surface area contributed by atoms with E-state index in [1.165, 1.54) is 5.57 Å². The molecule has 0 fully saturated rings. The molecule has 0 nitrogen and oxygen atoms in total. The average molecular weight is 152 g/mol. The first-order valence-electron chi connectivity index (χ1n) is 4.10. The Bertz CT molecular complexity index is 161. The second kappa shape index (κ2) is 2.87. The molecule has 0 aliphatic carbocycles. The van der Waals surface area contributed by atoms with Crippen LogP contribution in [0.2, 0.25) is 0 Å². The summed E-state index contributed by atoms with van der Waals surface area (Å²) in [5, 5.41) is 0. The van der Waals surface area contributed by atoms with Crippen LogP contribution in [0.3, 0.4) is 0 Å². The Morgan fingerprint density at radius 3 is 1.18 bits per heavy atom. The van der Waals surface area contributed by atoms with Crippen LogP contribution in [0.25, 0.3) is 0 Å². The highest BCUT2D eigenvalue weighted by Crippen LogP contribution is 2.37. The minimum absolute atomic E-state index is 0.194. The highest BCUT2D eigenvalue weighted by atomic mass is 14.3. The Morgan fingerprint density at radius 1 is 0.909 bits per heavy atom. The normalized spacial score (nSPS) is 12.5. The number of hydrogen-bond acceptors (Lipinski definition) is 0. The minimum atomic E-state index is 0.194. The molecule has 0 aliphatic rings. The van der Waals surface area contributed by atoms with E-state index in [0.29, 0.717) is 0 Å². The Kier molecular flexibility index (Phi) is 2.74. The molecule has 0 aromatic heterocycles. The number of rotatable bonds is 0. The van der Waals surface area contributed by atoms with E-state index in [1.807, 2.05) is 0 Å². The zero-order valence-electron chi connectivity index (χ0n) is 8.71. The lowest BCUT2D eigenvalue weighted by molar-refractivity contribution is 0.363. The molecule has 0 aliphatic heterocycles. The molecule has 0 rings (SSSR count). The summed E-state index contributed by atoms with van der Waals surface area (Å²) in [7, 11) is 0. The first-order valence-corrected chi connectivity index (χ1v) is 4.10. The molecule has 0 N–H and O–H groups in total. The Morgan fingerprint density at radius 2 is 1.18 bits per heavy atom. The van der Waals surface area contributed by atoms with Gasteiger partial charge in [0.2, 0.25) is 0 Å². The van der Waals surface area contributed by atoms with Crippen LogP contribution in [0.4, 0.5) is 0 Å². The number of allylic oxidation sites excluding steroid dienone is 1. The van der Waals surface area contributed by atoms with Gasteiger partial charge in [-0.05, 0) is 16.4 Å². The van der Waals surface area contributed by atoms with Crippen LogP contribution < -0.4 is 0 Å². The van der Waals surface area contributed by atoms with Crippen LogP contribution in [0.15, 0.2) is 17.9 Å². The van der Waals surface area contributed by atoms with Gasteiger partial charge < -0.3 is 0 Å². The zero-order valence-corrected chi connectivity index (χ0v) is 8.71. The smallest absolute Gasteiger partial charge is 0.00920 e. The van der Waals surface area contributed by atoms with Crippen LogP contribution in [-0.2, 0) is 0 Å². The van der Waals surface area contributed by atoms with Gasteiger partial charge in [-0.15, -0.1) is 5.73 Å². The average Bonchev–Trinajstić information content (AvgIpc) is 1.56. The van der Waals surface area contributed by atoms with Gasteiger partial charge in [0.1, 0.15) is 0 Å². The SMILES string of the molecule is C=C=C(C(C)(C)C)C(C)(C)C. The summed E-state index contributed by atoms with van der Waals surface area (Å²) >= 11 is 0. The van der Waals surface area contributed by atoms with Crippen molar-refractivity contribution in [3.05, 3.63) is 17.9 Å². The molecule has 0 amide bonds. The van der Waals surface area contributed by atoms with E-state index in [2.05, 4.69) is 53.9 Å². The van der Waals surface area contributed by atoms with Gasteiger partial charge in [0.25, 0.3) is 0 Å². The fourth-order valence-electron chi connectivity index (χ4n) is 1.66. The van der Waals surface area contributed by atoms with E-state index in [4.69, 9.17) is 0 Å². The van der Waals surface area contributed by atoms with Crippen LogP contribution in [0, 0.1) is 10.8 Å². The molecular weight excluding hydrogens is 132 g/mol. The first kappa shape index (κ1) is 10.5. The van der Waals surface area contributed by atoms with Gasteiger partial charge in [-0.2, -0.15) is 0 Å². The standard InChI is InChI=1S/C11H20/c1-8-9(10(2,3)4)11(5,6)7/h1H2,2-7H3. The molecule has 0 saturated carbocycles. The van der Waals surface area contributed by atoms with E-state index >= 15 is 0 Å². The molecule has 0 radical (unpaired) electrons. The zero-order chi connectivity index (χ0) is 9.28. The van der Waals surface area contributed by atoms with Crippen molar-refractivity contribution in [3.63, 3.8) is 0 Å². The summed E-state index contributed by atoms with van der Waals surface area (Å²) in [5.74, 6) is 0. The van der Waals surface area contributed by atoms with Crippen LogP contribution in [-0.4, -0.2) is 0 Å².